The predicted molar refractivity (Wildman–Crippen MR) is 263 cm³/mol. The van der Waals surface area contributed by atoms with Crippen molar-refractivity contribution in [3.63, 3.8) is 0 Å². The normalized spacial score (nSPS) is 11.7. The second kappa shape index (κ2) is 27.4. The van der Waals surface area contributed by atoms with Crippen LogP contribution in [-0.4, -0.2) is 73.7 Å². The number of aliphatic imine (C=N–C) groups is 1. The Morgan fingerprint density at radius 3 is 2.12 bits per heavy atom. The molecule has 17 heteroatoms. The van der Waals surface area contributed by atoms with Crippen molar-refractivity contribution in [2.75, 3.05) is 44.0 Å². The molecule has 0 saturated carbocycles. The number of nitrogens with zero attached hydrogens (tertiary/aromatic N) is 7. The summed E-state index contributed by atoms with van der Waals surface area (Å²) in [7, 11) is -1.28. The van der Waals surface area contributed by atoms with Gasteiger partial charge in [0.15, 0.2) is 11.5 Å². The first-order chi connectivity index (χ1) is 31.7. The number of aryl methyl sites for hydroxylation is 1. The fourth-order valence-corrected chi connectivity index (χ4v) is 9.04. The third-order valence-electron chi connectivity index (χ3n) is 11.1. The molecule has 4 aromatic rings. The largest absolute Gasteiger partial charge is 0.466 e. The zero-order valence-electron chi connectivity index (χ0n) is 38.6. The summed E-state index contributed by atoms with van der Waals surface area (Å²) < 4.78 is 33.8. The number of amides is 1. The first-order valence-electron chi connectivity index (χ1n) is 22.8. The lowest BCUT2D eigenvalue weighted by atomic mass is 10.1. The minimum atomic E-state index is -3.99. The lowest BCUT2D eigenvalue weighted by molar-refractivity contribution is -0.143. The van der Waals surface area contributed by atoms with E-state index in [1.807, 2.05) is 11.0 Å². The number of fused-ring (bicyclic) bond motifs is 1. The van der Waals surface area contributed by atoms with Gasteiger partial charge < -0.3 is 15.0 Å². The number of esters is 1. The Morgan fingerprint density at radius 1 is 0.848 bits per heavy atom. The number of hydrogen-bond acceptors (Lipinski definition) is 11. The number of anilines is 2. The molecule has 0 atom stereocenters. The second-order valence-corrected chi connectivity index (χ2v) is 19.3. The highest BCUT2D eigenvalue weighted by atomic mass is 35.5. The Bertz CT molecular complexity index is 2550. The molecule has 0 unspecified atom stereocenters. The summed E-state index contributed by atoms with van der Waals surface area (Å²) in [6.07, 6.45) is 14.3. The van der Waals surface area contributed by atoms with Crippen LogP contribution in [0.15, 0.2) is 69.3 Å². The van der Waals surface area contributed by atoms with E-state index < -0.39 is 21.5 Å². The van der Waals surface area contributed by atoms with Crippen LogP contribution >= 0.6 is 23.2 Å². The average Bonchev–Trinajstić information content (AvgIpc) is 3.29. The molecule has 3 aromatic carbocycles. The van der Waals surface area contributed by atoms with Gasteiger partial charge in [0.05, 0.1) is 63.9 Å². The van der Waals surface area contributed by atoms with Crippen LogP contribution in [0.4, 0.5) is 17.1 Å². The average molecular weight is 962 g/mol. The highest BCUT2D eigenvalue weighted by molar-refractivity contribution is 7.89. The molecule has 1 amide bonds. The number of hydrogen-bond donors (Lipinski definition) is 1. The topological polar surface area (TPSA) is 191 Å². The molecule has 1 N–H and O–H groups in total. The van der Waals surface area contributed by atoms with Crippen LogP contribution in [-0.2, 0) is 30.9 Å². The molecule has 354 valence electrons. The first-order valence-corrected chi connectivity index (χ1v) is 25.0. The molecule has 14 nitrogen and oxygen atoms in total. The zero-order chi connectivity index (χ0) is 48.1. The van der Waals surface area contributed by atoms with Gasteiger partial charge in [-0.1, -0.05) is 106 Å². The van der Waals surface area contributed by atoms with Crippen molar-refractivity contribution in [3.8, 4) is 12.1 Å². The van der Waals surface area contributed by atoms with Gasteiger partial charge in [0.2, 0.25) is 10.0 Å². The predicted octanol–water partition coefficient (Wildman–Crippen LogP) is 10.7. The van der Waals surface area contributed by atoms with Crippen molar-refractivity contribution in [2.24, 2.45) is 4.99 Å². The van der Waals surface area contributed by atoms with Gasteiger partial charge in [-0.3, -0.25) is 19.0 Å². The third kappa shape index (κ3) is 15.7. The van der Waals surface area contributed by atoms with E-state index in [4.69, 9.17) is 37.9 Å². The summed E-state index contributed by atoms with van der Waals surface area (Å²) in [4.78, 5) is 52.8. The lowest BCUT2D eigenvalue weighted by Crippen LogP contribution is -2.34. The number of nitriles is 2. The van der Waals surface area contributed by atoms with Gasteiger partial charge in [0.1, 0.15) is 4.90 Å². The van der Waals surface area contributed by atoms with Gasteiger partial charge in [0, 0.05) is 45.8 Å². The fraction of sp³-hybridized carbons (Fsp3) is 0.490. The van der Waals surface area contributed by atoms with Crippen molar-refractivity contribution in [3.05, 3.63) is 86.4 Å². The van der Waals surface area contributed by atoms with Gasteiger partial charge in [-0.15, -0.1) is 0 Å². The van der Waals surface area contributed by atoms with E-state index in [1.54, 1.807) is 43.3 Å². The SMILES string of the molecule is CCCCCCCCCCCCOC(=O)CCCCCn1c(C(=Nc2ccc(N(CCC#N)CCC#N)cc2C)C(=O)Nc2cc(Cl)c(S(=O)(=O)N(C)C)cc2Cl)nc2ccccc2c1=O. The number of para-hydroxylation sites is 1. The van der Waals surface area contributed by atoms with Crippen LogP contribution in [0.5, 0.6) is 0 Å². The Morgan fingerprint density at radius 2 is 1.48 bits per heavy atom. The van der Waals surface area contributed by atoms with Crippen molar-refractivity contribution in [1.29, 1.82) is 10.5 Å². The highest BCUT2D eigenvalue weighted by Gasteiger charge is 2.27. The number of nitrogens with one attached hydrogen (secondary N) is 1. The highest BCUT2D eigenvalue weighted by Crippen LogP contribution is 2.34. The van der Waals surface area contributed by atoms with Crippen LogP contribution in [0.2, 0.25) is 10.0 Å². The van der Waals surface area contributed by atoms with Gasteiger partial charge in [-0.2, -0.15) is 10.5 Å². The number of unbranched alkanes of at least 4 members (excludes halogenated alkanes) is 11. The number of carbonyl (C=O) groups is 2. The summed E-state index contributed by atoms with van der Waals surface area (Å²) in [6, 6.07) is 18.8. The number of carbonyl (C=O) groups excluding carboxylic acids is 2. The van der Waals surface area contributed by atoms with E-state index in [0.717, 1.165) is 35.3 Å². The number of sulfonamides is 1. The number of ether oxygens (including phenoxy) is 1. The van der Waals surface area contributed by atoms with Crippen LogP contribution in [0.25, 0.3) is 10.9 Å². The van der Waals surface area contributed by atoms with Crippen LogP contribution in [0.1, 0.15) is 121 Å². The maximum atomic E-state index is 14.6. The molecular formula is C49H62Cl2N8O6S. The Kier molecular flexibility index (Phi) is 22.1. The van der Waals surface area contributed by atoms with Gasteiger partial charge in [-0.25, -0.2) is 22.7 Å². The standard InChI is InChI=1S/C49H62Cl2N8O6S/c1-5-6-7-8-9-10-11-12-13-19-32-65-45(60)24-15-14-18-31-59-47(55-42-23-17-16-22-38(42)49(59)62)46(48(61)56-43-34-40(51)44(35-39(43)50)66(63,64)57(3)4)54-41-26-25-37(33-36(41)2)58(29-20-27-52)30-21-28-53/h16-17,22-23,25-26,33-35H,5-15,18-21,24,29-32H2,1-4H3,(H,56,61). The Labute approximate surface area is 399 Å². The van der Waals surface area contributed by atoms with Gasteiger partial charge in [-0.05, 0) is 74.2 Å². The van der Waals surface area contributed by atoms with Crippen LogP contribution in [0.3, 0.4) is 0 Å². The molecule has 0 bridgehead atoms. The van der Waals surface area contributed by atoms with E-state index in [0.29, 0.717) is 61.1 Å². The molecule has 0 spiro atoms. The third-order valence-corrected chi connectivity index (χ3v) is 13.7. The van der Waals surface area contributed by atoms with E-state index in [-0.39, 0.29) is 63.9 Å². The maximum absolute atomic E-state index is 14.6. The minimum absolute atomic E-state index is 0.00971. The lowest BCUT2D eigenvalue weighted by Gasteiger charge is -2.23. The van der Waals surface area contributed by atoms with Crippen molar-refractivity contribution < 1.29 is 22.7 Å². The van der Waals surface area contributed by atoms with Gasteiger partial charge in [0.25, 0.3) is 11.5 Å². The van der Waals surface area contributed by atoms with Crippen molar-refractivity contribution >= 4 is 78.8 Å². The molecule has 0 fully saturated rings. The summed E-state index contributed by atoms with van der Waals surface area (Å²) in [6.45, 7) is 5.37. The monoisotopic (exact) mass is 960 g/mol. The molecule has 66 heavy (non-hydrogen) atoms. The summed E-state index contributed by atoms with van der Waals surface area (Å²) in [5.41, 5.74) is 1.44. The molecule has 0 aliphatic heterocycles. The first kappa shape index (κ1) is 53.3. The smallest absolute Gasteiger partial charge is 0.305 e. The maximum Gasteiger partial charge on any atom is 0.305 e. The number of rotatable bonds is 28. The van der Waals surface area contributed by atoms with Crippen LogP contribution < -0.4 is 15.8 Å². The van der Waals surface area contributed by atoms with Crippen molar-refractivity contribution in [2.45, 2.75) is 128 Å². The summed E-state index contributed by atoms with van der Waals surface area (Å²) in [5, 5.41) is 21.3. The quantitative estimate of drug-likeness (QED) is 0.0325. The van der Waals surface area contributed by atoms with Gasteiger partial charge >= 0.3 is 5.97 Å². The summed E-state index contributed by atoms with van der Waals surface area (Å²) >= 11 is 13.1. The molecule has 0 aliphatic rings. The summed E-state index contributed by atoms with van der Waals surface area (Å²) in [5.74, 6) is -1.10. The molecule has 1 aromatic heterocycles. The Balaban J connectivity index is 1.62. The van der Waals surface area contributed by atoms with E-state index in [9.17, 15) is 33.3 Å². The molecule has 0 radical (unpaired) electrons. The van der Waals surface area contributed by atoms with E-state index in [2.05, 4.69) is 24.4 Å². The van der Waals surface area contributed by atoms with E-state index >= 15 is 0 Å². The zero-order valence-corrected chi connectivity index (χ0v) is 40.9. The number of halogens is 2. The van der Waals surface area contributed by atoms with Crippen molar-refractivity contribution in [1.82, 2.24) is 13.9 Å². The number of aromatic nitrogens is 2. The molecule has 0 saturated heterocycles. The molecular weight excluding hydrogens is 900 g/mol. The fourth-order valence-electron chi connectivity index (χ4n) is 7.34. The molecule has 1 heterocycles. The molecule has 0 aliphatic carbocycles. The van der Waals surface area contributed by atoms with E-state index in [1.165, 1.54) is 69.7 Å². The minimum Gasteiger partial charge on any atom is -0.466 e. The Hall–Kier alpha value is -5.32. The second-order valence-electron chi connectivity index (χ2n) is 16.4. The molecule has 4 rings (SSSR count). The van der Waals surface area contributed by atoms with Crippen LogP contribution in [0, 0.1) is 29.6 Å². The number of benzene rings is 3.